The Morgan fingerprint density at radius 3 is 2.64 bits per heavy atom. The van der Waals surface area contributed by atoms with Crippen LogP contribution in [0.15, 0.2) is 17.1 Å². The van der Waals surface area contributed by atoms with Gasteiger partial charge in [-0.25, -0.2) is 8.42 Å². The van der Waals surface area contributed by atoms with E-state index in [0.29, 0.717) is 12.5 Å². The lowest BCUT2D eigenvalue weighted by molar-refractivity contribution is 0.612. The quantitative estimate of drug-likeness (QED) is 0.539. The second-order valence-corrected chi connectivity index (χ2v) is 4.75. The Balaban J connectivity index is 2.89. The summed E-state index contributed by atoms with van der Waals surface area (Å²) < 4.78 is 21.8. The first-order chi connectivity index (χ1) is 5.00. The first-order valence-electron chi connectivity index (χ1n) is 3.43. The van der Waals surface area contributed by atoms with Crippen molar-refractivity contribution in [1.82, 2.24) is 0 Å². The number of sulfone groups is 1. The van der Waals surface area contributed by atoms with Crippen molar-refractivity contribution >= 4 is 14.9 Å². The Bertz CT molecular complexity index is 300. The summed E-state index contributed by atoms with van der Waals surface area (Å²) in [6.07, 6.45) is 4.61. The number of dihydropyridines is 1. The number of nitrogens with zero attached hydrogens (tertiary/aromatic N) is 1. The van der Waals surface area contributed by atoms with Gasteiger partial charge in [-0.3, -0.25) is 4.99 Å². The van der Waals surface area contributed by atoms with Gasteiger partial charge in [-0.05, 0) is 12.0 Å². The van der Waals surface area contributed by atoms with Crippen LogP contribution in [0, 0.1) is 5.92 Å². The van der Waals surface area contributed by atoms with Gasteiger partial charge >= 0.3 is 0 Å². The van der Waals surface area contributed by atoms with E-state index in [0.717, 1.165) is 0 Å². The maximum atomic E-state index is 10.9. The van der Waals surface area contributed by atoms with Crippen LogP contribution in [-0.2, 0) is 9.84 Å². The zero-order chi connectivity index (χ0) is 8.48. The van der Waals surface area contributed by atoms with Gasteiger partial charge in [0.15, 0.2) is 9.84 Å². The third-order valence-corrected chi connectivity index (χ3v) is 2.51. The molecule has 11 heavy (non-hydrogen) atoms. The van der Waals surface area contributed by atoms with E-state index in [-0.39, 0.29) is 5.04 Å². The van der Waals surface area contributed by atoms with Crippen LogP contribution in [0.1, 0.15) is 6.92 Å². The number of hydrogen-bond acceptors (Lipinski definition) is 3. The molecule has 1 aliphatic heterocycles. The molecule has 1 heterocycles. The van der Waals surface area contributed by atoms with Crippen LogP contribution < -0.4 is 0 Å². The van der Waals surface area contributed by atoms with Gasteiger partial charge in [-0.2, -0.15) is 0 Å². The topological polar surface area (TPSA) is 46.5 Å². The summed E-state index contributed by atoms with van der Waals surface area (Å²) in [6.45, 7) is 2.58. The lowest BCUT2D eigenvalue weighted by Gasteiger charge is -2.08. The monoisotopic (exact) mass is 173 g/mol. The Labute approximate surface area is 66.8 Å². The molecule has 0 saturated carbocycles. The Morgan fingerprint density at radius 1 is 1.64 bits per heavy atom. The molecule has 0 aromatic carbocycles. The molecule has 0 spiro atoms. The van der Waals surface area contributed by atoms with Crippen molar-refractivity contribution in [3.63, 3.8) is 0 Å². The molecule has 3 nitrogen and oxygen atoms in total. The minimum absolute atomic E-state index is 0.204. The van der Waals surface area contributed by atoms with Crippen molar-refractivity contribution in [1.29, 1.82) is 0 Å². The second-order valence-electron chi connectivity index (χ2n) is 2.79. The molecule has 1 rings (SSSR count). The zero-order valence-electron chi connectivity index (χ0n) is 6.61. The molecule has 0 saturated heterocycles. The van der Waals surface area contributed by atoms with E-state index in [4.69, 9.17) is 0 Å². The van der Waals surface area contributed by atoms with Crippen LogP contribution in [0.3, 0.4) is 0 Å². The van der Waals surface area contributed by atoms with Crippen LogP contribution in [0.25, 0.3) is 0 Å². The molecule has 0 aromatic heterocycles. The van der Waals surface area contributed by atoms with Crippen molar-refractivity contribution in [2.45, 2.75) is 6.92 Å². The number of hydrogen-bond donors (Lipinski definition) is 0. The molecule has 62 valence electrons. The molecule has 1 atom stereocenters. The normalized spacial score (nSPS) is 24.9. The van der Waals surface area contributed by atoms with E-state index >= 15 is 0 Å². The average Bonchev–Trinajstić information content (AvgIpc) is 1.86. The van der Waals surface area contributed by atoms with Gasteiger partial charge in [0.05, 0.1) is 0 Å². The van der Waals surface area contributed by atoms with E-state index in [2.05, 4.69) is 4.99 Å². The van der Waals surface area contributed by atoms with Crippen molar-refractivity contribution in [3.05, 3.63) is 12.2 Å². The first kappa shape index (κ1) is 8.46. The Hall–Kier alpha value is -0.640. The average molecular weight is 173 g/mol. The second kappa shape index (κ2) is 2.77. The van der Waals surface area contributed by atoms with Gasteiger partial charge in [-0.1, -0.05) is 13.0 Å². The summed E-state index contributed by atoms with van der Waals surface area (Å²) in [6, 6.07) is 0. The van der Waals surface area contributed by atoms with E-state index in [9.17, 15) is 8.42 Å². The van der Waals surface area contributed by atoms with E-state index < -0.39 is 9.84 Å². The third kappa shape index (κ3) is 2.15. The van der Waals surface area contributed by atoms with Crippen LogP contribution in [0.2, 0.25) is 0 Å². The van der Waals surface area contributed by atoms with Crippen molar-refractivity contribution in [2.75, 3.05) is 12.8 Å². The lowest BCUT2D eigenvalue weighted by atomic mass is 10.1. The SMILES string of the molecule is CC1C=CC(S(C)(=O)=O)=NC1. The predicted octanol–water partition coefficient (Wildman–Crippen LogP) is 0.635. The molecule has 1 aliphatic rings. The largest absolute Gasteiger partial charge is 0.273 e. The van der Waals surface area contributed by atoms with Gasteiger partial charge < -0.3 is 0 Å². The minimum atomic E-state index is -3.09. The van der Waals surface area contributed by atoms with Gasteiger partial charge in [0, 0.05) is 12.8 Å². The summed E-state index contributed by atoms with van der Waals surface area (Å²) in [4.78, 5) is 3.92. The predicted molar refractivity (Wildman–Crippen MR) is 45.4 cm³/mol. The highest BCUT2D eigenvalue weighted by atomic mass is 32.2. The van der Waals surface area contributed by atoms with Gasteiger partial charge in [-0.15, -0.1) is 0 Å². The lowest BCUT2D eigenvalue weighted by Crippen LogP contribution is -2.15. The maximum absolute atomic E-state index is 10.9. The molecule has 0 radical (unpaired) electrons. The summed E-state index contributed by atoms with van der Waals surface area (Å²) in [5.74, 6) is 0.362. The zero-order valence-corrected chi connectivity index (χ0v) is 7.43. The molecule has 0 N–H and O–H groups in total. The smallest absolute Gasteiger partial charge is 0.192 e. The van der Waals surface area contributed by atoms with Gasteiger partial charge in [0.25, 0.3) is 0 Å². The molecule has 4 heteroatoms. The molecule has 0 fully saturated rings. The fourth-order valence-electron chi connectivity index (χ4n) is 0.835. The molecular weight excluding hydrogens is 162 g/mol. The minimum Gasteiger partial charge on any atom is -0.273 e. The first-order valence-corrected chi connectivity index (χ1v) is 5.32. The molecule has 0 amide bonds. The third-order valence-electron chi connectivity index (χ3n) is 1.48. The van der Waals surface area contributed by atoms with Crippen LogP contribution in [0.4, 0.5) is 0 Å². The standard InChI is InChI=1S/C7H11NO2S/c1-6-3-4-7(8-5-6)11(2,9)10/h3-4,6H,5H2,1-2H3. The summed E-state index contributed by atoms with van der Waals surface area (Å²) >= 11 is 0. The molecule has 0 aromatic rings. The van der Waals surface area contributed by atoms with Gasteiger partial charge in [0.1, 0.15) is 5.04 Å². The van der Waals surface area contributed by atoms with Crippen LogP contribution in [-0.4, -0.2) is 26.3 Å². The van der Waals surface area contributed by atoms with Crippen LogP contribution in [0.5, 0.6) is 0 Å². The Kier molecular flexibility index (Phi) is 2.13. The fourth-order valence-corrected chi connectivity index (χ4v) is 1.47. The highest BCUT2D eigenvalue weighted by Gasteiger charge is 2.13. The van der Waals surface area contributed by atoms with Gasteiger partial charge in [0.2, 0.25) is 0 Å². The fraction of sp³-hybridized carbons (Fsp3) is 0.571. The highest BCUT2D eigenvalue weighted by molar-refractivity contribution is 8.06. The van der Waals surface area contributed by atoms with Crippen LogP contribution >= 0.6 is 0 Å². The molecule has 0 bridgehead atoms. The van der Waals surface area contributed by atoms with Crippen molar-refractivity contribution in [2.24, 2.45) is 10.9 Å². The number of rotatable bonds is 0. The van der Waals surface area contributed by atoms with E-state index in [1.165, 1.54) is 6.26 Å². The van der Waals surface area contributed by atoms with E-state index in [1.54, 1.807) is 6.08 Å². The van der Waals surface area contributed by atoms with Crippen molar-refractivity contribution < 1.29 is 8.42 Å². The molecule has 1 unspecified atom stereocenters. The van der Waals surface area contributed by atoms with Crippen molar-refractivity contribution in [3.8, 4) is 0 Å². The molecular formula is C7H11NO2S. The maximum Gasteiger partial charge on any atom is 0.192 e. The highest BCUT2D eigenvalue weighted by Crippen LogP contribution is 2.07. The van der Waals surface area contributed by atoms with E-state index in [1.807, 2.05) is 13.0 Å². The summed E-state index contributed by atoms with van der Waals surface area (Å²) in [5, 5.41) is 0.204. The number of aliphatic imine (C=N–C) groups is 1. The Morgan fingerprint density at radius 2 is 2.27 bits per heavy atom. The summed E-state index contributed by atoms with van der Waals surface area (Å²) in [7, 11) is -3.09. The summed E-state index contributed by atoms with van der Waals surface area (Å²) in [5.41, 5.74) is 0. The molecule has 0 aliphatic carbocycles.